The molecule has 1 N–H and O–H groups in total. The molecule has 0 saturated heterocycles. The third kappa shape index (κ3) is 3.70. The maximum Gasteiger partial charge on any atom is 0.416 e. The molecule has 0 aromatic heterocycles. The SMILES string of the molecule is OCCN(Cc1ccc(C(F)(F)F)cc1)C1CCC1. The molecule has 1 aliphatic carbocycles. The van der Waals surface area contributed by atoms with Gasteiger partial charge in [-0.25, -0.2) is 0 Å². The van der Waals surface area contributed by atoms with E-state index in [9.17, 15) is 13.2 Å². The zero-order chi connectivity index (χ0) is 13.9. The second-order valence-corrected chi connectivity index (χ2v) is 4.97. The van der Waals surface area contributed by atoms with Crippen molar-refractivity contribution in [2.75, 3.05) is 13.2 Å². The lowest BCUT2D eigenvalue weighted by Gasteiger charge is -2.37. The minimum Gasteiger partial charge on any atom is -0.395 e. The smallest absolute Gasteiger partial charge is 0.395 e. The monoisotopic (exact) mass is 273 g/mol. The van der Waals surface area contributed by atoms with Crippen molar-refractivity contribution in [1.29, 1.82) is 0 Å². The van der Waals surface area contributed by atoms with E-state index in [2.05, 4.69) is 4.90 Å². The molecule has 0 heterocycles. The van der Waals surface area contributed by atoms with Crippen LogP contribution in [0, 0.1) is 0 Å². The molecule has 106 valence electrons. The van der Waals surface area contributed by atoms with Gasteiger partial charge in [-0.05, 0) is 30.5 Å². The van der Waals surface area contributed by atoms with E-state index in [1.54, 1.807) is 0 Å². The van der Waals surface area contributed by atoms with Crippen LogP contribution in [0.2, 0.25) is 0 Å². The summed E-state index contributed by atoms with van der Waals surface area (Å²) in [5.74, 6) is 0. The largest absolute Gasteiger partial charge is 0.416 e. The van der Waals surface area contributed by atoms with Gasteiger partial charge < -0.3 is 5.11 Å². The zero-order valence-corrected chi connectivity index (χ0v) is 10.7. The van der Waals surface area contributed by atoms with E-state index in [1.165, 1.54) is 18.6 Å². The standard InChI is InChI=1S/C14H18F3NO/c15-14(16,17)12-6-4-11(5-7-12)10-18(8-9-19)13-2-1-3-13/h4-7,13,19H,1-3,8-10H2. The van der Waals surface area contributed by atoms with Gasteiger partial charge in [-0.1, -0.05) is 18.6 Å². The Bertz CT molecular complexity index is 398. The van der Waals surface area contributed by atoms with Gasteiger partial charge in [-0.15, -0.1) is 0 Å². The Hall–Kier alpha value is -1.07. The Morgan fingerprint density at radius 2 is 1.79 bits per heavy atom. The molecule has 1 aromatic rings. The van der Waals surface area contributed by atoms with Crippen LogP contribution < -0.4 is 0 Å². The van der Waals surface area contributed by atoms with E-state index in [1.807, 2.05) is 0 Å². The fourth-order valence-electron chi connectivity index (χ4n) is 2.30. The van der Waals surface area contributed by atoms with Crippen LogP contribution in [0.5, 0.6) is 0 Å². The first-order chi connectivity index (χ1) is 9.00. The summed E-state index contributed by atoms with van der Waals surface area (Å²) in [5, 5.41) is 9.04. The normalized spacial score (nSPS) is 16.7. The van der Waals surface area contributed by atoms with Crippen LogP contribution in [0.15, 0.2) is 24.3 Å². The van der Waals surface area contributed by atoms with Gasteiger partial charge in [0, 0.05) is 19.1 Å². The summed E-state index contributed by atoms with van der Waals surface area (Å²) in [6, 6.07) is 5.74. The summed E-state index contributed by atoms with van der Waals surface area (Å²) >= 11 is 0. The van der Waals surface area contributed by atoms with Crippen LogP contribution in [0.4, 0.5) is 13.2 Å². The lowest BCUT2D eigenvalue weighted by Crippen LogP contribution is -2.41. The number of nitrogens with zero attached hydrogens (tertiary/aromatic N) is 1. The number of benzene rings is 1. The molecular formula is C14H18F3NO. The molecule has 0 radical (unpaired) electrons. The predicted molar refractivity (Wildman–Crippen MR) is 66.6 cm³/mol. The predicted octanol–water partition coefficient (Wildman–Crippen LogP) is 3.05. The molecule has 0 aliphatic heterocycles. The minimum absolute atomic E-state index is 0.0805. The van der Waals surface area contributed by atoms with Gasteiger partial charge in [0.1, 0.15) is 0 Å². The molecule has 0 bridgehead atoms. The summed E-state index contributed by atoms with van der Waals surface area (Å²) in [5.41, 5.74) is 0.238. The van der Waals surface area contributed by atoms with Crippen LogP contribution in [-0.2, 0) is 12.7 Å². The highest BCUT2D eigenvalue weighted by atomic mass is 19.4. The average molecular weight is 273 g/mol. The van der Waals surface area contributed by atoms with Crippen LogP contribution in [0.1, 0.15) is 30.4 Å². The number of aliphatic hydroxyl groups excluding tert-OH is 1. The van der Waals surface area contributed by atoms with Gasteiger partial charge in [0.05, 0.1) is 12.2 Å². The van der Waals surface area contributed by atoms with Gasteiger partial charge in [-0.2, -0.15) is 13.2 Å². The molecule has 0 atom stereocenters. The highest BCUT2D eigenvalue weighted by Crippen LogP contribution is 2.30. The Morgan fingerprint density at radius 1 is 1.16 bits per heavy atom. The number of hydrogen-bond donors (Lipinski definition) is 1. The van der Waals surface area contributed by atoms with Crippen LogP contribution in [0.3, 0.4) is 0 Å². The van der Waals surface area contributed by atoms with Crippen molar-refractivity contribution in [2.45, 2.75) is 38.0 Å². The second kappa shape index (κ2) is 5.92. The Labute approximate surface area is 110 Å². The van der Waals surface area contributed by atoms with Crippen molar-refractivity contribution >= 4 is 0 Å². The van der Waals surface area contributed by atoms with E-state index in [4.69, 9.17) is 5.11 Å². The molecule has 1 fully saturated rings. The minimum atomic E-state index is -4.28. The maximum absolute atomic E-state index is 12.5. The highest BCUT2D eigenvalue weighted by molar-refractivity contribution is 5.24. The fraction of sp³-hybridized carbons (Fsp3) is 0.571. The topological polar surface area (TPSA) is 23.5 Å². The van der Waals surface area contributed by atoms with Crippen molar-refractivity contribution in [3.05, 3.63) is 35.4 Å². The summed E-state index contributed by atoms with van der Waals surface area (Å²) in [7, 11) is 0. The number of hydrogen-bond acceptors (Lipinski definition) is 2. The van der Waals surface area contributed by atoms with Crippen LogP contribution in [-0.4, -0.2) is 29.2 Å². The molecule has 2 nitrogen and oxygen atoms in total. The quantitative estimate of drug-likeness (QED) is 0.891. The van der Waals surface area contributed by atoms with Gasteiger partial charge in [0.15, 0.2) is 0 Å². The third-order valence-corrected chi connectivity index (χ3v) is 3.65. The van der Waals surface area contributed by atoms with E-state index >= 15 is 0 Å². The zero-order valence-electron chi connectivity index (χ0n) is 10.7. The Kier molecular flexibility index (Phi) is 4.47. The number of rotatable bonds is 5. The molecule has 0 spiro atoms. The fourth-order valence-corrected chi connectivity index (χ4v) is 2.30. The molecule has 2 rings (SSSR count). The molecular weight excluding hydrogens is 255 g/mol. The Balaban J connectivity index is 2.00. The lowest BCUT2D eigenvalue weighted by atomic mass is 9.91. The molecule has 1 aromatic carbocycles. The van der Waals surface area contributed by atoms with E-state index in [-0.39, 0.29) is 6.61 Å². The molecule has 19 heavy (non-hydrogen) atoms. The number of alkyl halides is 3. The van der Waals surface area contributed by atoms with Crippen molar-refractivity contribution in [3.63, 3.8) is 0 Å². The third-order valence-electron chi connectivity index (χ3n) is 3.65. The van der Waals surface area contributed by atoms with Crippen LogP contribution in [0.25, 0.3) is 0 Å². The van der Waals surface area contributed by atoms with E-state index < -0.39 is 11.7 Å². The second-order valence-electron chi connectivity index (χ2n) is 4.97. The maximum atomic E-state index is 12.5. The van der Waals surface area contributed by atoms with Crippen molar-refractivity contribution in [1.82, 2.24) is 4.90 Å². The van der Waals surface area contributed by atoms with Gasteiger partial charge in [0.25, 0.3) is 0 Å². The van der Waals surface area contributed by atoms with E-state index in [0.29, 0.717) is 19.1 Å². The number of halogens is 3. The summed E-state index contributed by atoms with van der Waals surface area (Å²) in [4.78, 5) is 2.14. The molecule has 0 unspecified atom stereocenters. The average Bonchev–Trinajstić information content (AvgIpc) is 2.26. The van der Waals surface area contributed by atoms with Gasteiger partial charge in [0.2, 0.25) is 0 Å². The molecule has 1 saturated carbocycles. The molecule has 1 aliphatic rings. The van der Waals surface area contributed by atoms with Crippen molar-refractivity contribution in [2.24, 2.45) is 0 Å². The first kappa shape index (κ1) is 14.3. The summed E-state index contributed by atoms with van der Waals surface area (Å²) in [6.07, 6.45) is -0.863. The highest BCUT2D eigenvalue weighted by Gasteiger charge is 2.30. The Morgan fingerprint density at radius 3 is 2.21 bits per heavy atom. The van der Waals surface area contributed by atoms with Crippen molar-refractivity contribution in [3.8, 4) is 0 Å². The lowest BCUT2D eigenvalue weighted by molar-refractivity contribution is -0.137. The van der Waals surface area contributed by atoms with Crippen LogP contribution >= 0.6 is 0 Å². The molecule has 5 heteroatoms. The molecule has 0 amide bonds. The van der Waals surface area contributed by atoms with Gasteiger partial charge >= 0.3 is 6.18 Å². The van der Waals surface area contributed by atoms with Gasteiger partial charge in [-0.3, -0.25) is 4.90 Å². The van der Waals surface area contributed by atoms with Crippen molar-refractivity contribution < 1.29 is 18.3 Å². The van der Waals surface area contributed by atoms with E-state index in [0.717, 1.165) is 30.5 Å². The first-order valence-corrected chi connectivity index (χ1v) is 6.52. The number of aliphatic hydroxyl groups is 1. The summed E-state index contributed by atoms with van der Waals surface area (Å²) < 4.78 is 37.4. The summed E-state index contributed by atoms with van der Waals surface area (Å²) in [6.45, 7) is 1.26. The first-order valence-electron chi connectivity index (χ1n) is 6.52.